The molecule has 0 aliphatic heterocycles. The zero-order chi connectivity index (χ0) is 20.6. The maximum Gasteiger partial charge on any atom is 0.308 e. The topological polar surface area (TPSA) is 78.5 Å². The highest BCUT2D eigenvalue weighted by Crippen LogP contribution is 2.25. The van der Waals surface area contributed by atoms with Gasteiger partial charge in [-0.3, -0.25) is 9.79 Å². The van der Waals surface area contributed by atoms with Gasteiger partial charge < -0.3 is 20.4 Å². The number of hydrogen-bond acceptors (Lipinski definition) is 3. The highest BCUT2D eigenvalue weighted by molar-refractivity contribution is 14.0. The van der Waals surface area contributed by atoms with Crippen molar-refractivity contribution in [2.45, 2.75) is 58.9 Å². The quantitative estimate of drug-likeness (QED) is 0.218. The van der Waals surface area contributed by atoms with E-state index in [1.54, 1.807) is 0 Å². The standard InChI is InChI=1S/C23H34N4O2.HI/c1-4-24-23(27-19-11-9-17(10-12-19)22(28)29-5-2)25-14-13-18-15-26-21-16(3)7-6-8-20(18)21;/h6-8,15,17,19,26H,4-5,9-14H2,1-3H3,(H2,24,25,27);1H. The van der Waals surface area contributed by atoms with E-state index in [2.05, 4.69) is 53.9 Å². The van der Waals surface area contributed by atoms with Crippen molar-refractivity contribution in [1.82, 2.24) is 15.6 Å². The second-order valence-electron chi connectivity index (χ2n) is 7.77. The number of H-pyrrole nitrogens is 1. The molecule has 1 aromatic carbocycles. The average molecular weight is 526 g/mol. The third-order valence-corrected chi connectivity index (χ3v) is 5.69. The minimum absolute atomic E-state index is 0. The number of carbonyl (C=O) groups excluding carboxylic acids is 1. The number of hydrogen-bond donors (Lipinski definition) is 3. The first-order valence-electron chi connectivity index (χ1n) is 10.9. The lowest BCUT2D eigenvalue weighted by molar-refractivity contribution is -0.149. The molecule has 30 heavy (non-hydrogen) atoms. The van der Waals surface area contributed by atoms with Crippen molar-refractivity contribution in [3.63, 3.8) is 0 Å². The number of fused-ring (bicyclic) bond motifs is 1. The zero-order valence-electron chi connectivity index (χ0n) is 18.3. The number of ether oxygens (including phenoxy) is 1. The Morgan fingerprint density at radius 3 is 2.70 bits per heavy atom. The van der Waals surface area contributed by atoms with E-state index in [9.17, 15) is 4.79 Å². The van der Waals surface area contributed by atoms with Crippen molar-refractivity contribution in [2.24, 2.45) is 10.9 Å². The smallest absolute Gasteiger partial charge is 0.308 e. The fourth-order valence-electron chi connectivity index (χ4n) is 4.11. The van der Waals surface area contributed by atoms with E-state index in [-0.39, 0.29) is 35.9 Å². The third kappa shape index (κ3) is 6.36. The molecule has 0 radical (unpaired) electrons. The van der Waals surface area contributed by atoms with Crippen LogP contribution in [0, 0.1) is 12.8 Å². The van der Waals surface area contributed by atoms with Gasteiger partial charge in [-0.05, 0) is 64.0 Å². The molecule has 0 bridgehead atoms. The molecule has 7 heteroatoms. The molecule has 166 valence electrons. The van der Waals surface area contributed by atoms with Crippen LogP contribution in [-0.4, -0.2) is 42.7 Å². The number of halogens is 1. The van der Waals surface area contributed by atoms with Crippen molar-refractivity contribution in [2.75, 3.05) is 19.7 Å². The Labute approximate surface area is 196 Å². The average Bonchev–Trinajstić information content (AvgIpc) is 3.13. The summed E-state index contributed by atoms with van der Waals surface area (Å²) >= 11 is 0. The summed E-state index contributed by atoms with van der Waals surface area (Å²) in [5, 5.41) is 8.19. The van der Waals surface area contributed by atoms with Crippen LogP contribution in [0.15, 0.2) is 29.4 Å². The Morgan fingerprint density at radius 2 is 2.00 bits per heavy atom. The molecule has 1 aromatic heterocycles. The molecule has 0 unspecified atom stereocenters. The predicted octanol–water partition coefficient (Wildman–Crippen LogP) is 4.31. The van der Waals surface area contributed by atoms with Crippen molar-refractivity contribution in [3.05, 3.63) is 35.5 Å². The first-order valence-corrected chi connectivity index (χ1v) is 10.9. The summed E-state index contributed by atoms with van der Waals surface area (Å²) < 4.78 is 5.16. The van der Waals surface area contributed by atoms with E-state index in [0.29, 0.717) is 12.6 Å². The number of para-hydroxylation sites is 1. The summed E-state index contributed by atoms with van der Waals surface area (Å²) in [5.74, 6) is 0.876. The minimum atomic E-state index is -0.0412. The van der Waals surface area contributed by atoms with Crippen LogP contribution in [0.25, 0.3) is 10.9 Å². The number of rotatable bonds is 7. The Morgan fingerprint density at radius 1 is 1.23 bits per heavy atom. The number of nitrogens with zero attached hydrogens (tertiary/aromatic N) is 1. The lowest BCUT2D eigenvalue weighted by Gasteiger charge is -2.29. The molecule has 0 amide bonds. The molecule has 0 saturated heterocycles. The number of aromatic amines is 1. The van der Waals surface area contributed by atoms with E-state index >= 15 is 0 Å². The molecule has 0 atom stereocenters. The van der Waals surface area contributed by atoms with E-state index in [1.807, 2.05) is 6.92 Å². The van der Waals surface area contributed by atoms with E-state index in [1.165, 1.54) is 22.0 Å². The van der Waals surface area contributed by atoms with Crippen molar-refractivity contribution < 1.29 is 9.53 Å². The van der Waals surface area contributed by atoms with Crippen LogP contribution in [0.2, 0.25) is 0 Å². The molecule has 3 N–H and O–H groups in total. The molecule has 6 nitrogen and oxygen atoms in total. The van der Waals surface area contributed by atoms with E-state index in [0.717, 1.165) is 51.2 Å². The van der Waals surface area contributed by atoms with Gasteiger partial charge in [0.25, 0.3) is 0 Å². The minimum Gasteiger partial charge on any atom is -0.466 e. The number of nitrogens with one attached hydrogen (secondary N) is 3. The molecule has 3 rings (SSSR count). The first kappa shape index (κ1) is 24.5. The van der Waals surface area contributed by atoms with Gasteiger partial charge in [0.05, 0.1) is 12.5 Å². The third-order valence-electron chi connectivity index (χ3n) is 5.69. The molecule has 1 saturated carbocycles. The lowest BCUT2D eigenvalue weighted by atomic mass is 9.86. The fraction of sp³-hybridized carbons (Fsp3) is 0.565. The zero-order valence-corrected chi connectivity index (χ0v) is 20.6. The second-order valence-corrected chi connectivity index (χ2v) is 7.77. The Kier molecular flexibility index (Phi) is 9.94. The lowest BCUT2D eigenvalue weighted by Crippen LogP contribution is -2.45. The molecular weight excluding hydrogens is 491 g/mol. The van der Waals surface area contributed by atoms with Crippen LogP contribution < -0.4 is 10.6 Å². The van der Waals surface area contributed by atoms with Crippen molar-refractivity contribution >= 4 is 46.8 Å². The number of aryl methyl sites for hydroxylation is 1. The van der Waals surface area contributed by atoms with Gasteiger partial charge in [0.15, 0.2) is 5.96 Å². The Hall–Kier alpha value is -1.77. The maximum absolute atomic E-state index is 11.9. The van der Waals surface area contributed by atoms with Crippen LogP contribution in [0.1, 0.15) is 50.7 Å². The Balaban J connectivity index is 0.00000320. The van der Waals surface area contributed by atoms with Gasteiger partial charge in [-0.2, -0.15) is 0 Å². The number of aliphatic imine (C=N–C) groups is 1. The van der Waals surface area contributed by atoms with Gasteiger partial charge in [0.2, 0.25) is 0 Å². The van der Waals surface area contributed by atoms with Crippen LogP contribution in [-0.2, 0) is 16.0 Å². The van der Waals surface area contributed by atoms with Gasteiger partial charge in [0, 0.05) is 36.2 Å². The van der Waals surface area contributed by atoms with Gasteiger partial charge in [-0.15, -0.1) is 24.0 Å². The van der Waals surface area contributed by atoms with Crippen LogP contribution in [0.3, 0.4) is 0 Å². The molecular formula is C23H35IN4O2. The highest BCUT2D eigenvalue weighted by Gasteiger charge is 2.27. The summed E-state index contributed by atoms with van der Waals surface area (Å²) in [4.78, 5) is 20.1. The predicted molar refractivity (Wildman–Crippen MR) is 134 cm³/mol. The molecule has 0 spiro atoms. The first-order chi connectivity index (χ1) is 14.1. The SMILES string of the molecule is CCNC(=NCCc1c[nH]c2c(C)cccc12)NC1CCC(C(=O)OCC)CC1.I. The van der Waals surface area contributed by atoms with Crippen LogP contribution in [0.5, 0.6) is 0 Å². The largest absolute Gasteiger partial charge is 0.466 e. The monoisotopic (exact) mass is 526 g/mol. The molecule has 1 heterocycles. The summed E-state index contributed by atoms with van der Waals surface area (Å²) in [5.41, 5.74) is 3.79. The van der Waals surface area contributed by atoms with Crippen molar-refractivity contribution in [1.29, 1.82) is 0 Å². The van der Waals surface area contributed by atoms with Crippen molar-refractivity contribution in [3.8, 4) is 0 Å². The Bertz CT molecular complexity index is 841. The van der Waals surface area contributed by atoms with Gasteiger partial charge in [-0.25, -0.2) is 0 Å². The second kappa shape index (κ2) is 12.2. The molecule has 2 aromatic rings. The number of guanidine groups is 1. The maximum atomic E-state index is 11.9. The van der Waals surface area contributed by atoms with E-state index < -0.39 is 0 Å². The number of carbonyl (C=O) groups is 1. The summed E-state index contributed by atoms with van der Waals surface area (Å²) in [6.07, 6.45) is 6.69. The summed E-state index contributed by atoms with van der Waals surface area (Å²) in [6, 6.07) is 6.76. The summed E-state index contributed by atoms with van der Waals surface area (Å²) in [7, 11) is 0. The molecule has 1 aliphatic carbocycles. The number of esters is 1. The number of aromatic nitrogens is 1. The molecule has 1 fully saturated rings. The normalized spacial score (nSPS) is 19.2. The van der Waals surface area contributed by atoms with E-state index in [4.69, 9.17) is 9.73 Å². The van der Waals surface area contributed by atoms with Gasteiger partial charge in [-0.1, -0.05) is 18.2 Å². The fourth-order valence-corrected chi connectivity index (χ4v) is 4.11. The summed E-state index contributed by atoms with van der Waals surface area (Å²) in [6.45, 7) is 8.10. The van der Waals surface area contributed by atoms with Crippen LogP contribution >= 0.6 is 24.0 Å². The van der Waals surface area contributed by atoms with Gasteiger partial charge in [0.1, 0.15) is 0 Å². The van der Waals surface area contributed by atoms with Gasteiger partial charge >= 0.3 is 5.97 Å². The number of benzene rings is 1. The van der Waals surface area contributed by atoms with Crippen LogP contribution in [0.4, 0.5) is 0 Å². The molecule has 1 aliphatic rings. The highest BCUT2D eigenvalue weighted by atomic mass is 127.